The van der Waals surface area contributed by atoms with Gasteiger partial charge in [-0.1, -0.05) is 30.3 Å². The molecule has 1 rings (SSSR count). The molecule has 0 fully saturated rings. The Balaban J connectivity index is 2.46. The molecule has 0 saturated heterocycles. The highest BCUT2D eigenvalue weighted by molar-refractivity contribution is 5.88. The van der Waals surface area contributed by atoms with E-state index in [1.54, 1.807) is 12.1 Å². The van der Waals surface area contributed by atoms with Gasteiger partial charge in [-0.25, -0.2) is 0 Å². The van der Waals surface area contributed by atoms with Gasteiger partial charge in [0.05, 0.1) is 6.54 Å². The van der Waals surface area contributed by atoms with Crippen LogP contribution in [0, 0.1) is 0 Å². The summed E-state index contributed by atoms with van der Waals surface area (Å²) in [7, 11) is 0. The molecule has 0 aliphatic rings. The molecular formula is C14H21N3O2. The highest BCUT2D eigenvalue weighted by atomic mass is 16.2. The summed E-state index contributed by atoms with van der Waals surface area (Å²) < 4.78 is 0. The van der Waals surface area contributed by atoms with Crippen molar-refractivity contribution in [2.24, 2.45) is 5.73 Å². The lowest BCUT2D eigenvalue weighted by atomic mass is 10.1. The van der Waals surface area contributed by atoms with Crippen LogP contribution in [0.25, 0.3) is 0 Å². The van der Waals surface area contributed by atoms with E-state index in [0.29, 0.717) is 0 Å². The molecule has 104 valence electrons. The van der Waals surface area contributed by atoms with Crippen molar-refractivity contribution in [1.29, 1.82) is 0 Å². The molecule has 4 N–H and O–H groups in total. The van der Waals surface area contributed by atoms with Crippen LogP contribution in [0.15, 0.2) is 30.3 Å². The third kappa shape index (κ3) is 5.52. The summed E-state index contributed by atoms with van der Waals surface area (Å²) in [5, 5.41) is 5.29. The highest BCUT2D eigenvalue weighted by Gasteiger charge is 2.18. The summed E-state index contributed by atoms with van der Waals surface area (Å²) in [5.74, 6) is -0.601. The summed E-state index contributed by atoms with van der Waals surface area (Å²) in [6.07, 6.45) is 0. The van der Waals surface area contributed by atoms with Crippen molar-refractivity contribution in [2.45, 2.75) is 32.4 Å². The average Bonchev–Trinajstić information content (AvgIpc) is 2.34. The van der Waals surface area contributed by atoms with Gasteiger partial charge in [0.1, 0.15) is 6.04 Å². The summed E-state index contributed by atoms with van der Waals surface area (Å²) >= 11 is 0. The molecule has 0 radical (unpaired) electrons. The van der Waals surface area contributed by atoms with Gasteiger partial charge in [0, 0.05) is 5.54 Å². The van der Waals surface area contributed by atoms with E-state index in [1.807, 2.05) is 39.0 Å². The fourth-order valence-corrected chi connectivity index (χ4v) is 1.55. The molecule has 1 aromatic carbocycles. The van der Waals surface area contributed by atoms with Crippen molar-refractivity contribution >= 4 is 11.8 Å². The molecule has 0 spiro atoms. The number of carbonyl (C=O) groups is 2. The molecule has 0 saturated carbocycles. The van der Waals surface area contributed by atoms with Crippen LogP contribution in [0.2, 0.25) is 0 Å². The Hall–Kier alpha value is -1.88. The molecule has 0 aromatic heterocycles. The number of nitrogens with two attached hydrogens (primary N) is 1. The van der Waals surface area contributed by atoms with E-state index in [4.69, 9.17) is 5.73 Å². The zero-order valence-corrected chi connectivity index (χ0v) is 11.6. The predicted octanol–water partition coefficient (Wildman–Crippen LogP) is 0.717. The lowest BCUT2D eigenvalue weighted by molar-refractivity contribution is -0.127. The number of rotatable bonds is 4. The molecule has 19 heavy (non-hydrogen) atoms. The van der Waals surface area contributed by atoms with Crippen LogP contribution in [0.4, 0.5) is 0 Å². The minimum absolute atomic E-state index is 0.0728. The SMILES string of the molecule is CC(C)(C)NC(=O)CNC(=O)[C@@H](N)c1ccccc1. The Morgan fingerprint density at radius 3 is 2.32 bits per heavy atom. The summed E-state index contributed by atoms with van der Waals surface area (Å²) in [6, 6.07) is 8.27. The van der Waals surface area contributed by atoms with E-state index in [-0.39, 0.29) is 23.9 Å². The van der Waals surface area contributed by atoms with Gasteiger partial charge in [-0.05, 0) is 26.3 Å². The van der Waals surface area contributed by atoms with Gasteiger partial charge in [-0.2, -0.15) is 0 Å². The zero-order chi connectivity index (χ0) is 14.5. The minimum Gasteiger partial charge on any atom is -0.350 e. The molecule has 0 aliphatic heterocycles. The second-order valence-electron chi connectivity index (χ2n) is 5.40. The maximum Gasteiger partial charge on any atom is 0.241 e. The van der Waals surface area contributed by atoms with Crippen LogP contribution < -0.4 is 16.4 Å². The lowest BCUT2D eigenvalue weighted by Gasteiger charge is -2.21. The molecule has 0 aliphatic carbocycles. The first-order chi connectivity index (χ1) is 8.79. The third-order valence-corrected chi connectivity index (χ3v) is 2.38. The van der Waals surface area contributed by atoms with Gasteiger partial charge >= 0.3 is 0 Å². The van der Waals surface area contributed by atoms with Gasteiger partial charge in [-0.15, -0.1) is 0 Å². The Morgan fingerprint density at radius 1 is 1.21 bits per heavy atom. The number of hydrogen-bond acceptors (Lipinski definition) is 3. The van der Waals surface area contributed by atoms with Crippen molar-refractivity contribution in [3.8, 4) is 0 Å². The van der Waals surface area contributed by atoms with E-state index in [1.165, 1.54) is 0 Å². The fraction of sp³-hybridized carbons (Fsp3) is 0.429. The number of hydrogen-bond donors (Lipinski definition) is 3. The molecule has 2 amide bonds. The standard InChI is InChI=1S/C14H21N3O2/c1-14(2,3)17-11(18)9-16-13(19)12(15)10-7-5-4-6-8-10/h4-8,12H,9,15H2,1-3H3,(H,16,19)(H,17,18)/t12-/m0/s1. The molecule has 1 aromatic rings. The summed E-state index contributed by atoms with van der Waals surface area (Å²) in [6.45, 7) is 5.56. The van der Waals surface area contributed by atoms with Crippen LogP contribution in [0.1, 0.15) is 32.4 Å². The number of amides is 2. The first-order valence-corrected chi connectivity index (χ1v) is 6.19. The average molecular weight is 263 g/mol. The second kappa shape index (κ2) is 6.33. The normalized spacial score (nSPS) is 12.6. The highest BCUT2D eigenvalue weighted by Crippen LogP contribution is 2.08. The molecule has 0 bridgehead atoms. The maximum absolute atomic E-state index is 11.8. The molecule has 0 unspecified atom stereocenters. The van der Waals surface area contributed by atoms with E-state index in [9.17, 15) is 9.59 Å². The van der Waals surface area contributed by atoms with Crippen LogP contribution in [0.3, 0.4) is 0 Å². The molecule has 1 atom stereocenters. The van der Waals surface area contributed by atoms with Crippen molar-refractivity contribution in [3.63, 3.8) is 0 Å². The molecule has 5 nitrogen and oxygen atoms in total. The van der Waals surface area contributed by atoms with Crippen LogP contribution in [-0.4, -0.2) is 23.9 Å². The van der Waals surface area contributed by atoms with Crippen LogP contribution >= 0.6 is 0 Å². The first-order valence-electron chi connectivity index (χ1n) is 6.19. The zero-order valence-electron chi connectivity index (χ0n) is 11.6. The van der Waals surface area contributed by atoms with Gasteiger partial charge in [0.25, 0.3) is 0 Å². The Kier molecular flexibility index (Phi) is 5.06. The Labute approximate surface area is 113 Å². The van der Waals surface area contributed by atoms with Gasteiger partial charge in [-0.3, -0.25) is 9.59 Å². The van der Waals surface area contributed by atoms with Crippen molar-refractivity contribution < 1.29 is 9.59 Å². The lowest BCUT2D eigenvalue weighted by Crippen LogP contribution is -2.47. The quantitative estimate of drug-likeness (QED) is 0.748. The number of carbonyl (C=O) groups excluding carboxylic acids is 2. The molecule has 0 heterocycles. The van der Waals surface area contributed by atoms with Gasteiger partial charge < -0.3 is 16.4 Å². The van der Waals surface area contributed by atoms with E-state index >= 15 is 0 Å². The van der Waals surface area contributed by atoms with Crippen molar-refractivity contribution in [1.82, 2.24) is 10.6 Å². The molecule has 5 heteroatoms. The molecular weight excluding hydrogens is 242 g/mol. The van der Waals surface area contributed by atoms with E-state index < -0.39 is 6.04 Å². The smallest absolute Gasteiger partial charge is 0.241 e. The first kappa shape index (κ1) is 15.2. The van der Waals surface area contributed by atoms with Crippen LogP contribution in [0.5, 0.6) is 0 Å². The second-order valence-corrected chi connectivity index (χ2v) is 5.40. The minimum atomic E-state index is -0.761. The Morgan fingerprint density at radius 2 is 1.79 bits per heavy atom. The largest absolute Gasteiger partial charge is 0.350 e. The summed E-state index contributed by atoms with van der Waals surface area (Å²) in [5.41, 5.74) is 6.21. The van der Waals surface area contributed by atoms with Crippen LogP contribution in [-0.2, 0) is 9.59 Å². The topological polar surface area (TPSA) is 84.2 Å². The summed E-state index contributed by atoms with van der Waals surface area (Å²) in [4.78, 5) is 23.4. The van der Waals surface area contributed by atoms with E-state index in [2.05, 4.69) is 10.6 Å². The monoisotopic (exact) mass is 263 g/mol. The fourth-order valence-electron chi connectivity index (χ4n) is 1.55. The third-order valence-electron chi connectivity index (χ3n) is 2.38. The van der Waals surface area contributed by atoms with Crippen molar-refractivity contribution in [3.05, 3.63) is 35.9 Å². The van der Waals surface area contributed by atoms with Crippen molar-refractivity contribution in [2.75, 3.05) is 6.54 Å². The maximum atomic E-state index is 11.8. The van der Waals surface area contributed by atoms with E-state index in [0.717, 1.165) is 5.56 Å². The number of nitrogens with one attached hydrogen (secondary N) is 2. The Bertz CT molecular complexity index is 438. The number of benzene rings is 1. The predicted molar refractivity (Wildman–Crippen MR) is 74.3 cm³/mol. The van der Waals surface area contributed by atoms with Gasteiger partial charge in [0.15, 0.2) is 0 Å². The van der Waals surface area contributed by atoms with Gasteiger partial charge in [0.2, 0.25) is 11.8 Å².